The van der Waals surface area contributed by atoms with Crippen LogP contribution in [0.2, 0.25) is 0 Å². The zero-order chi connectivity index (χ0) is 12.6. The molecular weight excluding hydrogens is 204 g/mol. The molecule has 0 aliphatic heterocycles. The van der Waals surface area contributed by atoms with Crippen LogP contribution in [0.15, 0.2) is 9.98 Å². The Morgan fingerprint density at radius 2 is 1.56 bits per heavy atom. The molecule has 4 heteroatoms. The van der Waals surface area contributed by atoms with Gasteiger partial charge in [-0.3, -0.25) is 0 Å². The maximum Gasteiger partial charge on any atom is 0.234 e. The van der Waals surface area contributed by atoms with E-state index in [4.69, 9.17) is 4.79 Å². The molecule has 0 radical (unpaired) electrons. The summed E-state index contributed by atoms with van der Waals surface area (Å²) < 4.78 is 0. The van der Waals surface area contributed by atoms with Gasteiger partial charge in [0.15, 0.2) is 0 Å². The van der Waals surface area contributed by atoms with Crippen molar-refractivity contribution in [1.29, 1.82) is 0 Å². The van der Waals surface area contributed by atoms with E-state index >= 15 is 0 Å². The van der Waals surface area contributed by atoms with E-state index in [0.717, 1.165) is 0 Å². The summed E-state index contributed by atoms with van der Waals surface area (Å²) in [6.45, 7) is 4.71. The van der Waals surface area contributed by atoms with E-state index in [9.17, 15) is 4.79 Å². The van der Waals surface area contributed by atoms with Gasteiger partial charge in [0, 0.05) is 7.05 Å². The van der Waals surface area contributed by atoms with Crippen LogP contribution >= 0.6 is 0 Å². The first-order valence-electron chi connectivity index (χ1n) is 5.84. The normalized spacial score (nSPS) is 13.9. The highest BCUT2D eigenvalue weighted by atomic mass is 16.1. The van der Waals surface area contributed by atoms with Gasteiger partial charge in [-0.15, -0.1) is 0 Å². The summed E-state index contributed by atoms with van der Waals surface area (Å²) in [5, 5.41) is 0. The van der Waals surface area contributed by atoms with Crippen molar-refractivity contribution in [2.45, 2.75) is 46.0 Å². The van der Waals surface area contributed by atoms with Crippen LogP contribution in [-0.2, 0) is 9.59 Å². The molecule has 1 fully saturated rings. The van der Waals surface area contributed by atoms with Crippen LogP contribution in [0.1, 0.15) is 46.0 Å². The average molecular weight is 226 g/mol. The SMILES string of the molecule is CC.CN=C=O.O=C=NCC1CCCCC1. The molecule has 0 spiro atoms. The molecule has 1 rings (SSSR count). The molecule has 16 heavy (non-hydrogen) atoms. The first-order valence-corrected chi connectivity index (χ1v) is 5.84. The van der Waals surface area contributed by atoms with Crippen molar-refractivity contribution in [3.8, 4) is 0 Å². The van der Waals surface area contributed by atoms with Gasteiger partial charge in [0.2, 0.25) is 12.2 Å². The van der Waals surface area contributed by atoms with E-state index in [1.54, 1.807) is 6.08 Å². The van der Waals surface area contributed by atoms with E-state index in [-0.39, 0.29) is 0 Å². The van der Waals surface area contributed by atoms with Gasteiger partial charge in [-0.25, -0.2) is 19.6 Å². The fourth-order valence-corrected chi connectivity index (χ4v) is 1.54. The Labute approximate surface area is 97.9 Å². The molecular formula is C12H22N2O2. The number of hydrogen-bond acceptors (Lipinski definition) is 4. The number of isocyanates is 2. The lowest BCUT2D eigenvalue weighted by molar-refractivity contribution is 0.366. The largest absolute Gasteiger partial charge is 0.234 e. The topological polar surface area (TPSA) is 58.9 Å². The van der Waals surface area contributed by atoms with E-state index in [1.165, 1.54) is 45.2 Å². The highest BCUT2D eigenvalue weighted by Gasteiger charge is 2.11. The third kappa shape index (κ3) is 12.8. The minimum atomic E-state index is 0.676. The molecule has 0 heterocycles. The Hall–Kier alpha value is -1.24. The number of carbonyl (C=O) groups excluding carboxylic acids is 2. The molecule has 92 valence electrons. The Balaban J connectivity index is 0. The van der Waals surface area contributed by atoms with E-state index < -0.39 is 0 Å². The van der Waals surface area contributed by atoms with Crippen molar-refractivity contribution in [2.75, 3.05) is 13.6 Å². The Morgan fingerprint density at radius 3 is 1.94 bits per heavy atom. The smallest absolute Gasteiger partial charge is 0.211 e. The molecule has 1 saturated carbocycles. The molecule has 0 N–H and O–H groups in total. The van der Waals surface area contributed by atoms with Crippen molar-refractivity contribution in [3.05, 3.63) is 0 Å². The summed E-state index contributed by atoms with van der Waals surface area (Å²) in [6.07, 6.45) is 9.41. The predicted molar refractivity (Wildman–Crippen MR) is 65.0 cm³/mol. The van der Waals surface area contributed by atoms with Crippen LogP contribution in [0.5, 0.6) is 0 Å². The van der Waals surface area contributed by atoms with Gasteiger partial charge < -0.3 is 0 Å². The molecule has 0 saturated heterocycles. The maximum absolute atomic E-state index is 9.76. The zero-order valence-corrected chi connectivity index (χ0v) is 10.5. The second-order valence-corrected chi connectivity index (χ2v) is 3.25. The molecule has 0 aromatic carbocycles. The average Bonchev–Trinajstić information content (AvgIpc) is 2.40. The number of rotatable bonds is 2. The third-order valence-corrected chi connectivity index (χ3v) is 2.23. The first-order chi connectivity index (χ1) is 7.85. The standard InChI is InChI=1S/C8H13NO.C2H3NO.C2H6/c10-7-9-6-8-4-2-1-3-5-8;1-3-2-4;1-2/h8H,1-6H2;1H3;1-2H3. The van der Waals surface area contributed by atoms with Gasteiger partial charge in [-0.05, 0) is 18.8 Å². The summed E-state index contributed by atoms with van der Waals surface area (Å²) in [7, 11) is 1.38. The number of hydrogen-bond donors (Lipinski definition) is 0. The lowest BCUT2D eigenvalue weighted by Crippen LogP contribution is -2.08. The molecule has 1 aliphatic carbocycles. The summed E-state index contributed by atoms with van der Waals surface area (Å²) in [6, 6.07) is 0. The Bertz CT molecular complexity index is 223. The minimum Gasteiger partial charge on any atom is -0.211 e. The van der Waals surface area contributed by atoms with E-state index in [0.29, 0.717) is 12.5 Å². The highest BCUT2D eigenvalue weighted by molar-refractivity contribution is 5.32. The van der Waals surface area contributed by atoms with Crippen molar-refractivity contribution < 1.29 is 9.59 Å². The number of nitrogens with zero attached hydrogens (tertiary/aromatic N) is 2. The van der Waals surface area contributed by atoms with Gasteiger partial charge in [0.05, 0.1) is 6.54 Å². The van der Waals surface area contributed by atoms with E-state index in [1.807, 2.05) is 13.8 Å². The molecule has 0 aromatic rings. The minimum absolute atomic E-state index is 0.676. The van der Waals surface area contributed by atoms with Crippen LogP contribution in [0.4, 0.5) is 0 Å². The monoisotopic (exact) mass is 226 g/mol. The lowest BCUT2D eigenvalue weighted by atomic mass is 9.89. The molecule has 0 bridgehead atoms. The lowest BCUT2D eigenvalue weighted by Gasteiger charge is -2.18. The van der Waals surface area contributed by atoms with Gasteiger partial charge in [0.25, 0.3) is 0 Å². The van der Waals surface area contributed by atoms with Crippen LogP contribution in [0, 0.1) is 5.92 Å². The summed E-state index contributed by atoms with van der Waals surface area (Å²) >= 11 is 0. The fraction of sp³-hybridized carbons (Fsp3) is 0.833. The molecule has 0 aromatic heterocycles. The first kappa shape index (κ1) is 17.2. The molecule has 0 unspecified atom stereocenters. The Morgan fingerprint density at radius 1 is 1.06 bits per heavy atom. The van der Waals surface area contributed by atoms with Crippen molar-refractivity contribution in [2.24, 2.45) is 15.9 Å². The fourth-order valence-electron chi connectivity index (χ4n) is 1.54. The predicted octanol–water partition coefficient (Wildman–Crippen LogP) is 2.88. The second kappa shape index (κ2) is 16.2. The van der Waals surface area contributed by atoms with Crippen LogP contribution < -0.4 is 0 Å². The molecule has 0 atom stereocenters. The van der Waals surface area contributed by atoms with Crippen LogP contribution in [0.3, 0.4) is 0 Å². The summed E-state index contributed by atoms with van der Waals surface area (Å²) in [4.78, 5) is 25.2. The van der Waals surface area contributed by atoms with Gasteiger partial charge in [-0.1, -0.05) is 33.1 Å². The number of aliphatic imine (C=N–C) groups is 2. The van der Waals surface area contributed by atoms with Crippen molar-refractivity contribution in [1.82, 2.24) is 0 Å². The van der Waals surface area contributed by atoms with E-state index in [2.05, 4.69) is 9.98 Å². The third-order valence-electron chi connectivity index (χ3n) is 2.23. The van der Waals surface area contributed by atoms with Crippen LogP contribution in [-0.4, -0.2) is 25.8 Å². The molecule has 0 amide bonds. The van der Waals surface area contributed by atoms with Crippen molar-refractivity contribution in [3.63, 3.8) is 0 Å². The van der Waals surface area contributed by atoms with Crippen LogP contribution in [0.25, 0.3) is 0 Å². The second-order valence-electron chi connectivity index (χ2n) is 3.25. The maximum atomic E-state index is 9.76. The molecule has 1 aliphatic rings. The highest BCUT2D eigenvalue weighted by Crippen LogP contribution is 2.23. The zero-order valence-electron chi connectivity index (χ0n) is 10.5. The Kier molecular flexibility index (Phi) is 17.4. The summed E-state index contributed by atoms with van der Waals surface area (Å²) in [5.74, 6) is 0.676. The quantitative estimate of drug-likeness (QED) is 0.537. The molecule has 4 nitrogen and oxygen atoms in total. The van der Waals surface area contributed by atoms with Gasteiger partial charge in [-0.2, -0.15) is 0 Å². The van der Waals surface area contributed by atoms with Gasteiger partial charge in [0.1, 0.15) is 0 Å². The summed E-state index contributed by atoms with van der Waals surface area (Å²) in [5.41, 5.74) is 0. The van der Waals surface area contributed by atoms with Crippen molar-refractivity contribution >= 4 is 12.2 Å². The van der Waals surface area contributed by atoms with Gasteiger partial charge >= 0.3 is 0 Å².